The molecule has 1 atom stereocenters. The van der Waals surface area contributed by atoms with Crippen LogP contribution in [0.15, 0.2) is 0 Å². The summed E-state index contributed by atoms with van der Waals surface area (Å²) in [5.74, 6) is 0. The molecule has 1 saturated heterocycles. The van der Waals surface area contributed by atoms with Crippen LogP contribution in [0.4, 0.5) is 9.59 Å². The Hall–Kier alpha value is -1.46. The maximum atomic E-state index is 12.0. The Morgan fingerprint density at radius 3 is 2.67 bits per heavy atom. The van der Waals surface area contributed by atoms with Crippen LogP contribution in [-0.2, 0) is 4.74 Å². The first-order chi connectivity index (χ1) is 9.81. The predicted octanol–water partition coefficient (Wildman–Crippen LogP) is 2.49. The minimum absolute atomic E-state index is 0.0366. The monoisotopic (exact) mass is 299 g/mol. The molecule has 0 aromatic carbocycles. The Balaban J connectivity index is 2.38. The van der Waals surface area contributed by atoms with E-state index >= 15 is 0 Å². The van der Waals surface area contributed by atoms with Crippen molar-refractivity contribution in [3.8, 4) is 0 Å². The zero-order valence-electron chi connectivity index (χ0n) is 13.7. The maximum Gasteiger partial charge on any atom is 0.407 e. The molecule has 0 unspecified atom stereocenters. The van der Waals surface area contributed by atoms with Crippen molar-refractivity contribution in [2.45, 2.75) is 65.0 Å². The van der Waals surface area contributed by atoms with Crippen molar-refractivity contribution in [1.82, 2.24) is 15.5 Å². The summed E-state index contributed by atoms with van der Waals surface area (Å²) >= 11 is 0. The molecule has 0 radical (unpaired) electrons. The Bertz CT molecular complexity index is 353. The number of nitrogens with zero attached hydrogens (tertiary/aromatic N) is 1. The van der Waals surface area contributed by atoms with Gasteiger partial charge in [-0.3, -0.25) is 0 Å². The van der Waals surface area contributed by atoms with Gasteiger partial charge in [0.2, 0.25) is 0 Å². The van der Waals surface area contributed by atoms with E-state index in [9.17, 15) is 9.59 Å². The van der Waals surface area contributed by atoms with Gasteiger partial charge in [-0.25, -0.2) is 9.59 Å². The number of unbranched alkanes of at least 4 members (excludes halogenated alkanes) is 1. The number of ether oxygens (including phenoxy) is 1. The fourth-order valence-electron chi connectivity index (χ4n) is 2.24. The number of carbonyl (C=O) groups is 2. The summed E-state index contributed by atoms with van der Waals surface area (Å²) in [6.45, 7) is 9.58. The molecule has 0 saturated carbocycles. The molecular formula is C15H29N3O3. The van der Waals surface area contributed by atoms with Gasteiger partial charge in [0.05, 0.1) is 0 Å². The number of urea groups is 1. The molecule has 3 amide bonds. The molecule has 0 aromatic rings. The summed E-state index contributed by atoms with van der Waals surface area (Å²) in [7, 11) is 0. The summed E-state index contributed by atoms with van der Waals surface area (Å²) < 4.78 is 5.25. The van der Waals surface area contributed by atoms with Crippen molar-refractivity contribution in [3.05, 3.63) is 0 Å². The number of hydrogen-bond donors (Lipinski definition) is 2. The van der Waals surface area contributed by atoms with E-state index in [0.29, 0.717) is 13.1 Å². The molecule has 0 spiro atoms. The molecule has 6 nitrogen and oxygen atoms in total. The quantitative estimate of drug-likeness (QED) is 0.783. The first-order valence-electron chi connectivity index (χ1n) is 7.84. The van der Waals surface area contributed by atoms with Crippen LogP contribution in [0.5, 0.6) is 0 Å². The van der Waals surface area contributed by atoms with Crippen LogP contribution < -0.4 is 10.6 Å². The topological polar surface area (TPSA) is 70.7 Å². The number of carbonyl (C=O) groups excluding carboxylic acids is 2. The molecule has 6 heteroatoms. The van der Waals surface area contributed by atoms with Crippen molar-refractivity contribution in [2.24, 2.45) is 0 Å². The lowest BCUT2D eigenvalue weighted by molar-refractivity contribution is 0.0479. The molecule has 0 aromatic heterocycles. The molecule has 21 heavy (non-hydrogen) atoms. The molecule has 122 valence electrons. The van der Waals surface area contributed by atoms with Crippen LogP contribution in [0.2, 0.25) is 0 Å². The first-order valence-corrected chi connectivity index (χ1v) is 7.84. The van der Waals surface area contributed by atoms with E-state index in [1.165, 1.54) is 0 Å². The summed E-state index contributed by atoms with van der Waals surface area (Å²) in [5, 5.41) is 5.75. The van der Waals surface area contributed by atoms with Crippen LogP contribution in [0.25, 0.3) is 0 Å². The van der Waals surface area contributed by atoms with E-state index in [4.69, 9.17) is 4.74 Å². The Morgan fingerprint density at radius 2 is 2.05 bits per heavy atom. The third kappa shape index (κ3) is 7.20. The Morgan fingerprint density at radius 1 is 1.33 bits per heavy atom. The third-order valence-corrected chi connectivity index (χ3v) is 3.24. The molecule has 0 aliphatic carbocycles. The van der Waals surface area contributed by atoms with Gasteiger partial charge in [-0.2, -0.15) is 0 Å². The molecule has 1 aliphatic rings. The van der Waals surface area contributed by atoms with E-state index in [-0.39, 0.29) is 12.1 Å². The predicted molar refractivity (Wildman–Crippen MR) is 82.3 cm³/mol. The highest BCUT2D eigenvalue weighted by Crippen LogP contribution is 2.12. The van der Waals surface area contributed by atoms with Gasteiger partial charge in [0, 0.05) is 25.7 Å². The van der Waals surface area contributed by atoms with Crippen molar-refractivity contribution in [2.75, 3.05) is 19.6 Å². The highest BCUT2D eigenvalue weighted by molar-refractivity contribution is 5.74. The summed E-state index contributed by atoms with van der Waals surface area (Å²) in [6, 6.07) is -0.0790. The van der Waals surface area contributed by atoms with Gasteiger partial charge >= 0.3 is 12.1 Å². The van der Waals surface area contributed by atoms with Gasteiger partial charge in [0.1, 0.15) is 5.60 Å². The van der Waals surface area contributed by atoms with Gasteiger partial charge < -0.3 is 20.3 Å². The van der Waals surface area contributed by atoms with Crippen LogP contribution in [0, 0.1) is 0 Å². The first kappa shape index (κ1) is 17.6. The van der Waals surface area contributed by atoms with Crippen molar-refractivity contribution >= 4 is 12.1 Å². The molecule has 2 N–H and O–H groups in total. The van der Waals surface area contributed by atoms with Gasteiger partial charge in [0.15, 0.2) is 0 Å². The lowest BCUT2D eigenvalue weighted by atomic mass is 10.1. The van der Waals surface area contributed by atoms with E-state index in [1.807, 2.05) is 20.8 Å². The molecular weight excluding hydrogens is 270 g/mol. The van der Waals surface area contributed by atoms with Gasteiger partial charge in [-0.05, 0) is 40.0 Å². The lowest BCUT2D eigenvalue weighted by Crippen LogP contribution is -2.52. The number of alkyl carbamates (subject to hydrolysis) is 1. The van der Waals surface area contributed by atoms with E-state index < -0.39 is 11.7 Å². The van der Waals surface area contributed by atoms with Crippen LogP contribution in [-0.4, -0.2) is 48.3 Å². The highest BCUT2D eigenvalue weighted by Gasteiger charge is 2.26. The number of nitrogens with one attached hydrogen (secondary N) is 2. The lowest BCUT2D eigenvalue weighted by Gasteiger charge is -2.33. The average Bonchev–Trinajstić information content (AvgIpc) is 2.36. The summed E-state index contributed by atoms with van der Waals surface area (Å²) in [4.78, 5) is 25.5. The van der Waals surface area contributed by atoms with E-state index in [1.54, 1.807) is 4.90 Å². The summed E-state index contributed by atoms with van der Waals surface area (Å²) in [6.07, 6.45) is 3.39. The normalized spacial score (nSPS) is 19.0. The second-order valence-corrected chi connectivity index (χ2v) is 6.52. The standard InChI is InChI=1S/C15H29N3O3/c1-5-6-9-16-13(19)18-10-7-8-12(11-18)17-14(20)21-15(2,3)4/h12H,5-11H2,1-4H3,(H,16,19)(H,17,20)/t12-/m0/s1. The van der Waals surface area contributed by atoms with E-state index in [2.05, 4.69) is 17.6 Å². The van der Waals surface area contributed by atoms with Gasteiger partial charge in [-0.1, -0.05) is 13.3 Å². The molecule has 1 heterocycles. The molecule has 1 aliphatic heterocycles. The Labute approximate surface area is 127 Å². The van der Waals surface area contributed by atoms with Crippen LogP contribution in [0.1, 0.15) is 53.4 Å². The number of piperidine rings is 1. The highest BCUT2D eigenvalue weighted by atomic mass is 16.6. The van der Waals surface area contributed by atoms with E-state index in [0.717, 1.165) is 32.2 Å². The third-order valence-electron chi connectivity index (χ3n) is 3.24. The number of likely N-dealkylation sites (tertiary alicyclic amines) is 1. The van der Waals surface area contributed by atoms with Crippen molar-refractivity contribution < 1.29 is 14.3 Å². The van der Waals surface area contributed by atoms with Crippen molar-refractivity contribution in [3.63, 3.8) is 0 Å². The smallest absolute Gasteiger partial charge is 0.407 e. The number of hydrogen-bond acceptors (Lipinski definition) is 3. The second-order valence-electron chi connectivity index (χ2n) is 6.52. The molecule has 1 rings (SSSR count). The minimum atomic E-state index is -0.504. The maximum absolute atomic E-state index is 12.0. The fraction of sp³-hybridized carbons (Fsp3) is 0.867. The SMILES string of the molecule is CCCCNC(=O)N1CCC[C@H](NC(=O)OC(C)(C)C)C1. The number of rotatable bonds is 4. The average molecular weight is 299 g/mol. The number of amides is 3. The summed E-state index contributed by atoms with van der Waals surface area (Å²) in [5.41, 5.74) is -0.504. The Kier molecular flexibility index (Phi) is 6.78. The minimum Gasteiger partial charge on any atom is -0.444 e. The van der Waals surface area contributed by atoms with Gasteiger partial charge in [0.25, 0.3) is 0 Å². The van der Waals surface area contributed by atoms with Gasteiger partial charge in [-0.15, -0.1) is 0 Å². The van der Waals surface area contributed by atoms with Crippen molar-refractivity contribution in [1.29, 1.82) is 0 Å². The zero-order valence-corrected chi connectivity index (χ0v) is 13.7. The van der Waals surface area contributed by atoms with Crippen LogP contribution in [0.3, 0.4) is 0 Å². The molecule has 0 bridgehead atoms. The molecule has 1 fully saturated rings. The van der Waals surface area contributed by atoms with Crippen LogP contribution >= 0.6 is 0 Å². The zero-order chi connectivity index (χ0) is 15.9. The fourth-order valence-corrected chi connectivity index (χ4v) is 2.24. The second kappa shape index (κ2) is 8.10. The largest absolute Gasteiger partial charge is 0.444 e.